The van der Waals surface area contributed by atoms with E-state index in [1.807, 2.05) is 18.2 Å². The Morgan fingerprint density at radius 1 is 1.50 bits per heavy atom. The number of halogens is 2. The summed E-state index contributed by atoms with van der Waals surface area (Å²) in [5, 5.41) is 3.53. The monoisotopic (exact) mass is 305 g/mol. The molecule has 0 aliphatic rings. The quantitative estimate of drug-likeness (QED) is 0.811. The molecule has 1 rings (SSSR count). The van der Waals surface area contributed by atoms with Gasteiger partial charge in [0.05, 0.1) is 7.11 Å². The summed E-state index contributed by atoms with van der Waals surface area (Å²) in [6.45, 7) is 3.70. The molecule has 0 bridgehead atoms. The summed E-state index contributed by atoms with van der Waals surface area (Å²) >= 11 is 9.55. The van der Waals surface area contributed by atoms with Gasteiger partial charge in [-0.1, -0.05) is 22.9 Å². The van der Waals surface area contributed by atoms with Crippen LogP contribution in [0.15, 0.2) is 22.7 Å². The van der Waals surface area contributed by atoms with Crippen molar-refractivity contribution in [1.29, 1.82) is 0 Å². The third-order valence-corrected chi connectivity index (χ3v) is 3.61. The van der Waals surface area contributed by atoms with E-state index in [1.165, 1.54) is 5.56 Å². The first-order valence-corrected chi connectivity index (χ1v) is 6.57. The normalized spacial score (nSPS) is 12.5. The lowest BCUT2D eigenvalue weighted by atomic mass is 10.2. The maximum Gasteiger partial charge on any atom is 0.119 e. The van der Waals surface area contributed by atoms with Gasteiger partial charge in [0, 0.05) is 22.9 Å². The predicted octanol–water partition coefficient (Wildman–Crippen LogP) is 3.56. The van der Waals surface area contributed by atoms with Crippen molar-refractivity contribution in [3.8, 4) is 5.75 Å². The number of benzene rings is 1. The van der Waals surface area contributed by atoms with E-state index in [0.29, 0.717) is 0 Å². The third kappa shape index (κ3) is 4.32. The lowest BCUT2D eigenvalue weighted by Crippen LogP contribution is -2.22. The summed E-state index contributed by atoms with van der Waals surface area (Å²) in [5.74, 6) is 0.873. The van der Waals surface area contributed by atoms with E-state index in [9.17, 15) is 0 Å². The standard InChI is InChI=1S/C12H17BrClNO/c1-3-10(14)8-15-7-9-6-11(16-2)4-5-12(9)13/h4-6,10,15H,3,7-8H2,1-2H3. The molecule has 0 saturated carbocycles. The first-order chi connectivity index (χ1) is 7.67. The van der Waals surface area contributed by atoms with E-state index in [2.05, 4.69) is 28.2 Å². The van der Waals surface area contributed by atoms with E-state index in [4.69, 9.17) is 16.3 Å². The fourth-order valence-corrected chi connectivity index (χ4v) is 1.82. The Hall–Kier alpha value is -0.250. The van der Waals surface area contributed by atoms with Crippen LogP contribution < -0.4 is 10.1 Å². The van der Waals surface area contributed by atoms with Gasteiger partial charge in [0.2, 0.25) is 0 Å². The molecule has 16 heavy (non-hydrogen) atoms. The zero-order chi connectivity index (χ0) is 12.0. The Balaban J connectivity index is 2.52. The van der Waals surface area contributed by atoms with Crippen molar-refractivity contribution >= 4 is 27.5 Å². The van der Waals surface area contributed by atoms with Crippen molar-refractivity contribution in [2.75, 3.05) is 13.7 Å². The highest BCUT2D eigenvalue weighted by molar-refractivity contribution is 9.10. The molecule has 0 aliphatic heterocycles. The average Bonchev–Trinajstić information content (AvgIpc) is 2.31. The first kappa shape index (κ1) is 13.8. The maximum atomic E-state index is 6.03. The van der Waals surface area contributed by atoms with Gasteiger partial charge >= 0.3 is 0 Å². The second-order valence-electron chi connectivity index (χ2n) is 3.59. The molecule has 0 spiro atoms. The molecule has 1 aromatic carbocycles. The molecule has 0 aliphatic carbocycles. The smallest absolute Gasteiger partial charge is 0.119 e. The first-order valence-electron chi connectivity index (χ1n) is 5.34. The van der Waals surface area contributed by atoms with Crippen LogP contribution in [0.4, 0.5) is 0 Å². The number of rotatable bonds is 6. The van der Waals surface area contributed by atoms with Crippen LogP contribution in [-0.2, 0) is 6.54 Å². The van der Waals surface area contributed by atoms with Crippen LogP contribution in [0.5, 0.6) is 5.75 Å². The average molecular weight is 307 g/mol. The van der Waals surface area contributed by atoms with E-state index in [-0.39, 0.29) is 5.38 Å². The zero-order valence-corrected chi connectivity index (χ0v) is 11.9. The van der Waals surface area contributed by atoms with Gasteiger partial charge in [0.15, 0.2) is 0 Å². The Labute approximate surface area is 110 Å². The minimum absolute atomic E-state index is 0.199. The summed E-state index contributed by atoms with van der Waals surface area (Å²) in [5.41, 5.74) is 1.18. The highest BCUT2D eigenvalue weighted by Crippen LogP contribution is 2.22. The van der Waals surface area contributed by atoms with Crippen LogP contribution >= 0.6 is 27.5 Å². The van der Waals surface area contributed by atoms with E-state index < -0.39 is 0 Å². The number of nitrogens with one attached hydrogen (secondary N) is 1. The summed E-state index contributed by atoms with van der Waals surface area (Å²) in [7, 11) is 1.67. The number of ether oxygens (including phenoxy) is 1. The minimum atomic E-state index is 0.199. The summed E-state index contributed by atoms with van der Waals surface area (Å²) in [6, 6.07) is 5.95. The number of hydrogen-bond acceptors (Lipinski definition) is 2. The Morgan fingerprint density at radius 3 is 2.88 bits per heavy atom. The Morgan fingerprint density at radius 2 is 2.25 bits per heavy atom. The molecular weight excluding hydrogens is 289 g/mol. The van der Waals surface area contributed by atoms with Crippen LogP contribution in [0, 0.1) is 0 Å². The number of methoxy groups -OCH3 is 1. The molecule has 1 unspecified atom stereocenters. The molecule has 0 amide bonds. The molecule has 1 aromatic rings. The van der Waals surface area contributed by atoms with Crippen LogP contribution in [-0.4, -0.2) is 19.0 Å². The van der Waals surface area contributed by atoms with Crippen LogP contribution in [0.25, 0.3) is 0 Å². The molecule has 0 radical (unpaired) electrons. The van der Waals surface area contributed by atoms with E-state index in [0.717, 1.165) is 29.7 Å². The summed E-state index contributed by atoms with van der Waals surface area (Å²) in [4.78, 5) is 0. The van der Waals surface area contributed by atoms with Gasteiger partial charge in [-0.15, -0.1) is 11.6 Å². The van der Waals surface area contributed by atoms with Gasteiger partial charge in [0.1, 0.15) is 5.75 Å². The molecule has 0 aromatic heterocycles. The lowest BCUT2D eigenvalue weighted by Gasteiger charge is -2.10. The highest BCUT2D eigenvalue weighted by Gasteiger charge is 2.04. The molecule has 90 valence electrons. The largest absolute Gasteiger partial charge is 0.497 e. The van der Waals surface area contributed by atoms with Crippen molar-refractivity contribution in [3.05, 3.63) is 28.2 Å². The number of alkyl halides is 1. The Kier molecular flexibility index (Phi) is 6.17. The minimum Gasteiger partial charge on any atom is -0.497 e. The van der Waals surface area contributed by atoms with Crippen LogP contribution in [0.3, 0.4) is 0 Å². The van der Waals surface area contributed by atoms with Gasteiger partial charge in [0.25, 0.3) is 0 Å². The second kappa shape index (κ2) is 7.15. The van der Waals surface area contributed by atoms with Crippen molar-refractivity contribution in [2.45, 2.75) is 25.3 Å². The molecule has 0 saturated heterocycles. The van der Waals surface area contributed by atoms with E-state index >= 15 is 0 Å². The fourth-order valence-electron chi connectivity index (χ4n) is 1.32. The van der Waals surface area contributed by atoms with Gasteiger partial charge in [-0.25, -0.2) is 0 Å². The summed E-state index contributed by atoms with van der Waals surface area (Å²) < 4.78 is 6.27. The fraction of sp³-hybridized carbons (Fsp3) is 0.500. The van der Waals surface area contributed by atoms with Crippen molar-refractivity contribution in [1.82, 2.24) is 5.32 Å². The zero-order valence-electron chi connectivity index (χ0n) is 9.59. The second-order valence-corrected chi connectivity index (χ2v) is 5.07. The predicted molar refractivity (Wildman–Crippen MR) is 72.3 cm³/mol. The number of hydrogen-bond donors (Lipinski definition) is 1. The molecule has 1 atom stereocenters. The Bertz CT molecular complexity index is 333. The molecule has 0 fully saturated rings. The van der Waals surface area contributed by atoms with Crippen LogP contribution in [0.2, 0.25) is 0 Å². The molecule has 0 heterocycles. The van der Waals surface area contributed by atoms with Crippen molar-refractivity contribution in [3.63, 3.8) is 0 Å². The lowest BCUT2D eigenvalue weighted by molar-refractivity contribution is 0.414. The van der Waals surface area contributed by atoms with Crippen molar-refractivity contribution < 1.29 is 4.74 Å². The summed E-state index contributed by atoms with van der Waals surface area (Å²) in [6.07, 6.45) is 0.980. The van der Waals surface area contributed by atoms with Gasteiger partial charge < -0.3 is 10.1 Å². The van der Waals surface area contributed by atoms with E-state index in [1.54, 1.807) is 7.11 Å². The van der Waals surface area contributed by atoms with Crippen molar-refractivity contribution in [2.24, 2.45) is 0 Å². The third-order valence-electron chi connectivity index (χ3n) is 2.38. The van der Waals surface area contributed by atoms with Gasteiger partial charge in [-0.05, 0) is 30.2 Å². The maximum absolute atomic E-state index is 6.03. The SMILES string of the molecule is CCC(Cl)CNCc1cc(OC)ccc1Br. The topological polar surface area (TPSA) is 21.3 Å². The molecular formula is C12H17BrClNO. The van der Waals surface area contributed by atoms with Gasteiger partial charge in [-0.2, -0.15) is 0 Å². The molecule has 1 N–H and O–H groups in total. The molecule has 4 heteroatoms. The molecule has 2 nitrogen and oxygen atoms in total. The van der Waals surface area contributed by atoms with Crippen LogP contribution in [0.1, 0.15) is 18.9 Å². The van der Waals surface area contributed by atoms with Gasteiger partial charge in [-0.3, -0.25) is 0 Å². The highest BCUT2D eigenvalue weighted by atomic mass is 79.9.